The number of ether oxygens (including phenoxy) is 1. The number of hydrogen-bond donors (Lipinski definition) is 4. The van der Waals surface area contributed by atoms with Crippen LogP contribution in [0.4, 0.5) is 5.95 Å². The van der Waals surface area contributed by atoms with Crippen molar-refractivity contribution in [3.05, 3.63) is 20.0 Å². The van der Waals surface area contributed by atoms with Crippen LogP contribution in [0.1, 0.15) is 32.4 Å². The summed E-state index contributed by atoms with van der Waals surface area (Å²) in [6, 6.07) is 0. The molecule has 1 aliphatic rings. The van der Waals surface area contributed by atoms with E-state index in [-0.39, 0.29) is 22.7 Å². The molecule has 0 saturated carbocycles. The predicted molar refractivity (Wildman–Crippen MR) is 84.4 cm³/mol. The van der Waals surface area contributed by atoms with Gasteiger partial charge in [-0.25, -0.2) is 0 Å². The van der Waals surface area contributed by atoms with Gasteiger partial charge < -0.3 is 20.7 Å². The van der Waals surface area contributed by atoms with Crippen LogP contribution >= 0.6 is 11.3 Å². The monoisotopic (exact) mass is 342 g/mol. The topological polar surface area (TPSA) is 143 Å². The fraction of sp³-hybridized carbons (Fsp3) is 0.615. The molecule has 23 heavy (non-hydrogen) atoms. The molecule has 126 valence electrons. The van der Waals surface area contributed by atoms with Gasteiger partial charge in [0.2, 0.25) is 5.95 Å². The number of H-pyrrole nitrogens is 1. The molecule has 0 radical (unpaired) electrons. The van der Waals surface area contributed by atoms with Crippen LogP contribution < -0.4 is 16.2 Å². The number of anilines is 1. The maximum Gasteiger partial charge on any atom is 0.311 e. The number of thiazole rings is 1. The van der Waals surface area contributed by atoms with Gasteiger partial charge in [-0.1, -0.05) is 24.7 Å². The van der Waals surface area contributed by atoms with E-state index in [1.54, 1.807) is 0 Å². The SMILES string of the molecule is CCC[C@H](O)[C@@H]1C[C@@H](O)[C@H](n2c(=O)sc3c(=O)[nH]c(N)nc32)O1. The second kappa shape index (κ2) is 6.04. The quantitative estimate of drug-likeness (QED) is 0.588. The lowest BCUT2D eigenvalue weighted by Crippen LogP contribution is -2.28. The zero-order chi connectivity index (χ0) is 16.7. The van der Waals surface area contributed by atoms with Gasteiger partial charge in [0.15, 0.2) is 11.9 Å². The number of nitrogens with one attached hydrogen (secondary N) is 1. The van der Waals surface area contributed by atoms with E-state index in [0.717, 1.165) is 11.0 Å². The van der Waals surface area contributed by atoms with Gasteiger partial charge in [-0.05, 0) is 6.42 Å². The lowest BCUT2D eigenvalue weighted by atomic mass is 10.1. The summed E-state index contributed by atoms with van der Waals surface area (Å²) in [6.07, 6.45) is -1.76. The molecule has 3 heterocycles. The number of nitrogen functional groups attached to an aromatic ring is 1. The van der Waals surface area contributed by atoms with Crippen molar-refractivity contribution in [2.24, 2.45) is 0 Å². The van der Waals surface area contributed by atoms with Crippen molar-refractivity contribution in [1.82, 2.24) is 14.5 Å². The fourth-order valence-corrected chi connectivity index (χ4v) is 3.65. The number of fused-ring (bicyclic) bond motifs is 1. The van der Waals surface area contributed by atoms with Crippen molar-refractivity contribution in [2.75, 3.05) is 5.73 Å². The fourth-order valence-electron chi connectivity index (χ4n) is 2.81. The Bertz CT molecular complexity index is 828. The van der Waals surface area contributed by atoms with Gasteiger partial charge in [0.05, 0.1) is 12.2 Å². The minimum Gasteiger partial charge on any atom is -0.390 e. The minimum atomic E-state index is -0.999. The number of nitrogens with zero attached hydrogens (tertiary/aromatic N) is 2. The molecule has 4 atom stereocenters. The Balaban J connectivity index is 2.02. The number of nitrogens with two attached hydrogens (primary N) is 1. The number of rotatable bonds is 4. The van der Waals surface area contributed by atoms with Gasteiger partial charge >= 0.3 is 4.87 Å². The van der Waals surface area contributed by atoms with Gasteiger partial charge in [0, 0.05) is 6.42 Å². The zero-order valence-electron chi connectivity index (χ0n) is 12.4. The smallest absolute Gasteiger partial charge is 0.311 e. The molecule has 2 aromatic rings. The largest absolute Gasteiger partial charge is 0.390 e. The van der Waals surface area contributed by atoms with Gasteiger partial charge in [0.1, 0.15) is 10.8 Å². The van der Waals surface area contributed by atoms with Gasteiger partial charge in [-0.15, -0.1) is 0 Å². The average molecular weight is 342 g/mol. The van der Waals surface area contributed by atoms with Crippen LogP contribution in [0.25, 0.3) is 10.3 Å². The summed E-state index contributed by atoms with van der Waals surface area (Å²) < 4.78 is 6.93. The van der Waals surface area contributed by atoms with Crippen molar-refractivity contribution in [3.8, 4) is 0 Å². The van der Waals surface area contributed by atoms with Gasteiger partial charge in [0.25, 0.3) is 5.56 Å². The number of aromatic nitrogens is 3. The Morgan fingerprint density at radius 1 is 1.57 bits per heavy atom. The first-order valence-corrected chi connectivity index (χ1v) is 8.16. The van der Waals surface area contributed by atoms with Crippen LogP contribution in [0.3, 0.4) is 0 Å². The molecule has 1 aliphatic heterocycles. The van der Waals surface area contributed by atoms with E-state index >= 15 is 0 Å². The second-order valence-electron chi connectivity index (χ2n) is 5.57. The molecule has 0 spiro atoms. The molecule has 0 amide bonds. The standard InChI is InChI=1S/C13H18N4O5S/c1-2-3-5(18)7-4-6(19)11(22-7)17-9-8(23-13(17)21)10(20)16-12(14)15-9/h5-7,11,18-19H,2-4H2,1H3,(H3,14,15,16,20)/t5-,6+,7-,11+/m0/s1. The van der Waals surface area contributed by atoms with Crippen molar-refractivity contribution in [2.45, 2.75) is 50.7 Å². The molecule has 0 bridgehead atoms. The molecule has 9 nitrogen and oxygen atoms in total. The molecule has 1 saturated heterocycles. The van der Waals surface area contributed by atoms with Crippen LogP contribution in [-0.2, 0) is 4.74 Å². The van der Waals surface area contributed by atoms with E-state index in [1.807, 2.05) is 6.92 Å². The van der Waals surface area contributed by atoms with E-state index in [0.29, 0.717) is 17.8 Å². The molecule has 10 heteroatoms. The third-order valence-electron chi connectivity index (χ3n) is 3.88. The van der Waals surface area contributed by atoms with Crippen LogP contribution in [0, 0.1) is 0 Å². The Morgan fingerprint density at radius 3 is 3.00 bits per heavy atom. The highest BCUT2D eigenvalue weighted by molar-refractivity contribution is 7.16. The molecule has 0 aliphatic carbocycles. The van der Waals surface area contributed by atoms with Crippen molar-refractivity contribution in [1.29, 1.82) is 0 Å². The second-order valence-corrected chi connectivity index (χ2v) is 6.53. The lowest BCUT2D eigenvalue weighted by Gasteiger charge is -2.19. The van der Waals surface area contributed by atoms with Gasteiger partial charge in [-0.3, -0.25) is 19.1 Å². The van der Waals surface area contributed by atoms with Crippen LogP contribution in [0.15, 0.2) is 9.59 Å². The van der Waals surface area contributed by atoms with Gasteiger partial charge in [-0.2, -0.15) is 4.98 Å². The summed E-state index contributed by atoms with van der Waals surface area (Å²) in [6.45, 7) is 1.93. The Kier molecular flexibility index (Phi) is 4.23. The summed E-state index contributed by atoms with van der Waals surface area (Å²) in [5.74, 6) is -0.121. The lowest BCUT2D eigenvalue weighted by molar-refractivity contribution is -0.0763. The number of hydrogen-bond acceptors (Lipinski definition) is 8. The van der Waals surface area contributed by atoms with Crippen LogP contribution in [0.5, 0.6) is 0 Å². The van der Waals surface area contributed by atoms with E-state index in [2.05, 4.69) is 9.97 Å². The summed E-state index contributed by atoms with van der Waals surface area (Å²) in [4.78, 5) is 29.9. The first-order valence-electron chi connectivity index (χ1n) is 7.34. The Hall–Kier alpha value is -1.75. The van der Waals surface area contributed by atoms with E-state index < -0.39 is 35.0 Å². The summed E-state index contributed by atoms with van der Waals surface area (Å²) in [5, 5.41) is 20.3. The third kappa shape index (κ3) is 2.78. The van der Waals surface area contributed by atoms with Crippen molar-refractivity contribution >= 4 is 27.6 Å². The van der Waals surface area contributed by atoms with Crippen molar-refractivity contribution < 1.29 is 14.9 Å². The van der Waals surface area contributed by atoms with E-state index in [1.165, 1.54) is 0 Å². The predicted octanol–water partition coefficient (Wildman–Crippen LogP) is -0.462. The highest BCUT2D eigenvalue weighted by Gasteiger charge is 2.40. The molecule has 0 unspecified atom stereocenters. The van der Waals surface area contributed by atoms with Crippen LogP contribution in [-0.4, -0.2) is 43.1 Å². The number of aliphatic hydroxyl groups excluding tert-OH is 2. The van der Waals surface area contributed by atoms with Crippen molar-refractivity contribution in [3.63, 3.8) is 0 Å². The van der Waals surface area contributed by atoms with E-state index in [9.17, 15) is 19.8 Å². The molecular formula is C13H18N4O5S. The molecule has 0 aromatic carbocycles. The summed E-state index contributed by atoms with van der Waals surface area (Å²) in [5.41, 5.74) is 5.10. The molecule has 2 aromatic heterocycles. The number of aromatic amines is 1. The maximum absolute atomic E-state index is 12.2. The Labute approximate surface area is 134 Å². The first kappa shape index (κ1) is 16.1. The first-order chi connectivity index (χ1) is 10.9. The minimum absolute atomic E-state index is 0.0796. The average Bonchev–Trinajstić information content (AvgIpc) is 2.99. The highest BCUT2D eigenvalue weighted by atomic mass is 32.1. The summed E-state index contributed by atoms with van der Waals surface area (Å²) in [7, 11) is 0. The molecular weight excluding hydrogens is 324 g/mol. The third-order valence-corrected chi connectivity index (χ3v) is 4.82. The summed E-state index contributed by atoms with van der Waals surface area (Å²) >= 11 is 0.715. The highest BCUT2D eigenvalue weighted by Crippen LogP contribution is 2.32. The van der Waals surface area contributed by atoms with Crippen LogP contribution in [0.2, 0.25) is 0 Å². The maximum atomic E-state index is 12.2. The Morgan fingerprint density at radius 2 is 2.30 bits per heavy atom. The molecule has 5 N–H and O–H groups in total. The zero-order valence-corrected chi connectivity index (χ0v) is 13.2. The normalized spacial score (nSPS) is 26.0. The number of aliphatic hydroxyl groups is 2. The molecule has 1 fully saturated rings. The molecule has 3 rings (SSSR count). The van der Waals surface area contributed by atoms with E-state index in [4.69, 9.17) is 10.5 Å².